The smallest absolute Gasteiger partial charge is 0.187 e. The van der Waals surface area contributed by atoms with Crippen LogP contribution in [0.5, 0.6) is 0 Å². The topological polar surface area (TPSA) is 416 Å². The lowest BCUT2D eigenvalue weighted by Crippen LogP contribution is -2.63. The monoisotopic (exact) mass is 1140 g/mol. The maximum Gasteiger partial charge on any atom is 0.187 e. The molecule has 0 radical (unpaired) electrons. The molecule has 462 valence electrons. The number of aliphatic hydroxyl groups excluding tert-OH is 16. The highest BCUT2D eigenvalue weighted by Gasteiger charge is 2.52. The summed E-state index contributed by atoms with van der Waals surface area (Å²) < 4.78 is 61.4. The number of aliphatic hydroxyl groups is 16. The molecule has 8 unspecified atom stereocenters. The summed E-state index contributed by atoms with van der Waals surface area (Å²) >= 11 is 0. The Kier molecular flexibility index (Phi) is 33.2. The first-order chi connectivity index (χ1) is 37.5. The molecule has 26 heteroatoms. The second-order valence-electron chi connectivity index (χ2n) is 21.1. The molecule has 26 nitrogen and oxygen atoms in total. The minimum atomic E-state index is -2.02. The van der Waals surface area contributed by atoms with Crippen molar-refractivity contribution in [3.63, 3.8) is 0 Å². The van der Waals surface area contributed by atoms with E-state index >= 15 is 0 Å². The van der Waals surface area contributed by atoms with E-state index in [1.807, 2.05) is 0 Å². The van der Waals surface area contributed by atoms with Gasteiger partial charge >= 0.3 is 0 Å². The van der Waals surface area contributed by atoms with Crippen LogP contribution >= 0.6 is 0 Å². The average molecular weight is 1140 g/mol. The van der Waals surface area contributed by atoms with Gasteiger partial charge in [-0.2, -0.15) is 0 Å². The molecule has 0 saturated carbocycles. The Bertz CT molecular complexity index is 1410. The Labute approximate surface area is 457 Å². The van der Waals surface area contributed by atoms with E-state index in [9.17, 15) is 81.7 Å². The number of rotatable bonds is 39. The van der Waals surface area contributed by atoms with E-state index in [0.29, 0.717) is 25.7 Å². The van der Waals surface area contributed by atoms with Gasteiger partial charge in [0.2, 0.25) is 0 Å². The van der Waals surface area contributed by atoms with Gasteiger partial charge in [0.25, 0.3) is 0 Å². The largest absolute Gasteiger partial charge is 0.394 e. The van der Waals surface area contributed by atoms with Gasteiger partial charge in [0.05, 0.1) is 39.6 Å². The second-order valence-corrected chi connectivity index (χ2v) is 21.1. The zero-order chi connectivity index (χ0) is 57.3. The van der Waals surface area contributed by atoms with Crippen molar-refractivity contribution in [1.82, 2.24) is 0 Å². The summed E-state index contributed by atoms with van der Waals surface area (Å²) in [6, 6.07) is 0. The van der Waals surface area contributed by atoms with Gasteiger partial charge in [-0.15, -0.1) is 0 Å². The summed E-state index contributed by atoms with van der Waals surface area (Å²) in [5.74, 6) is 0. The molecule has 4 fully saturated rings. The molecule has 78 heavy (non-hydrogen) atoms. The molecule has 0 aromatic rings. The van der Waals surface area contributed by atoms with Crippen LogP contribution in [0, 0.1) is 0 Å². The fourth-order valence-electron chi connectivity index (χ4n) is 10.0. The first-order valence-electron chi connectivity index (χ1n) is 28.5. The Morgan fingerprint density at radius 1 is 0.308 bits per heavy atom. The van der Waals surface area contributed by atoms with Gasteiger partial charge in [0.15, 0.2) is 25.2 Å². The lowest BCUT2D eigenvalue weighted by atomic mass is 9.97. The molecule has 0 aromatic heterocycles. The van der Waals surface area contributed by atoms with Crippen LogP contribution in [0.2, 0.25) is 0 Å². The third-order valence-electron chi connectivity index (χ3n) is 15.0. The molecule has 4 rings (SSSR count). The highest BCUT2D eigenvalue weighted by atomic mass is 16.8. The van der Waals surface area contributed by atoms with Crippen LogP contribution in [0.25, 0.3) is 0 Å². The molecule has 24 atom stereocenters. The van der Waals surface area contributed by atoms with Crippen LogP contribution in [0.15, 0.2) is 0 Å². The van der Waals surface area contributed by atoms with E-state index < -0.39 is 187 Å². The van der Waals surface area contributed by atoms with Crippen molar-refractivity contribution in [2.24, 2.45) is 0 Å². The minimum Gasteiger partial charge on any atom is -0.394 e. The third kappa shape index (κ3) is 20.6. The van der Waals surface area contributed by atoms with Crippen molar-refractivity contribution >= 4 is 0 Å². The molecule has 0 amide bonds. The van der Waals surface area contributed by atoms with Crippen molar-refractivity contribution in [3.05, 3.63) is 0 Å². The average Bonchev–Trinajstić information content (AvgIpc) is 3.47. The van der Waals surface area contributed by atoms with Crippen LogP contribution in [0.1, 0.15) is 129 Å². The van der Waals surface area contributed by atoms with E-state index in [0.717, 1.165) is 89.9 Å². The molecular weight excluding hydrogens is 1040 g/mol. The number of unbranched alkanes of at least 4 members (excludes halogenated alkanes) is 16. The molecule has 0 aliphatic carbocycles. The Hall–Kier alpha value is -1.04. The lowest BCUT2D eigenvalue weighted by molar-refractivity contribution is -0.351. The van der Waals surface area contributed by atoms with Gasteiger partial charge < -0.3 is 129 Å². The predicted octanol–water partition coefficient (Wildman–Crippen LogP) is -3.18. The third-order valence-corrected chi connectivity index (χ3v) is 15.0. The standard InChI is InChI=1S/C52H98O26/c1-3-5-7-9-11-13-15-17-19-21-69-47(33(77-51-45(67)41(63)37(59)31(25-55)75-51)27-71-49-43(65)39(61)35(57)29(23-53)73-49)48(70-22-20-18-16-14-12-10-8-6-4-2)34(78-52-46(68)42(64)38(60)32(26-56)76-52)28-72-50-44(66)40(62)36(58)30(24-54)74-50/h29-68H,3-28H2,1-2H3/t29?,30?,31?,32?,33-,34-,35+,36+,37+,38+,39-,40-,41-,42-,43?,44?,45?,46?,47-,48-,49+,50+,51-,52-/m0/s1. The highest BCUT2D eigenvalue weighted by Crippen LogP contribution is 2.32. The molecule has 4 aliphatic heterocycles. The van der Waals surface area contributed by atoms with Gasteiger partial charge in [0, 0.05) is 13.2 Å². The summed E-state index contributed by atoms with van der Waals surface area (Å²) in [6.07, 6.45) is -25.9. The summed E-state index contributed by atoms with van der Waals surface area (Å²) in [5, 5.41) is 171. The van der Waals surface area contributed by atoms with Gasteiger partial charge in [-0.05, 0) is 12.8 Å². The van der Waals surface area contributed by atoms with E-state index in [2.05, 4.69) is 13.8 Å². The van der Waals surface area contributed by atoms with Crippen molar-refractivity contribution in [3.8, 4) is 0 Å². The van der Waals surface area contributed by atoms with Crippen LogP contribution in [0.3, 0.4) is 0 Å². The molecule has 4 aliphatic rings. The van der Waals surface area contributed by atoms with E-state index in [1.165, 1.54) is 0 Å². The Morgan fingerprint density at radius 2 is 0.551 bits per heavy atom. The maximum atomic E-state index is 11.4. The van der Waals surface area contributed by atoms with Gasteiger partial charge in [0.1, 0.15) is 122 Å². The molecule has 16 N–H and O–H groups in total. The van der Waals surface area contributed by atoms with Gasteiger partial charge in [-0.3, -0.25) is 0 Å². The van der Waals surface area contributed by atoms with E-state index in [-0.39, 0.29) is 13.2 Å². The maximum absolute atomic E-state index is 11.4. The summed E-state index contributed by atoms with van der Waals surface area (Å²) in [5.41, 5.74) is 0. The Balaban J connectivity index is 1.84. The van der Waals surface area contributed by atoms with Crippen LogP contribution in [-0.2, 0) is 47.4 Å². The zero-order valence-corrected chi connectivity index (χ0v) is 45.5. The minimum absolute atomic E-state index is 0.0622. The molecule has 0 bridgehead atoms. The van der Waals surface area contributed by atoms with Crippen molar-refractivity contribution in [1.29, 1.82) is 0 Å². The van der Waals surface area contributed by atoms with Gasteiger partial charge in [-0.25, -0.2) is 0 Å². The van der Waals surface area contributed by atoms with Crippen molar-refractivity contribution < 1.29 is 129 Å². The van der Waals surface area contributed by atoms with Crippen molar-refractivity contribution in [2.75, 3.05) is 52.9 Å². The summed E-state index contributed by atoms with van der Waals surface area (Å²) in [7, 11) is 0. The fraction of sp³-hybridized carbons (Fsp3) is 1.00. The first-order valence-corrected chi connectivity index (χ1v) is 28.5. The summed E-state index contributed by atoms with van der Waals surface area (Å²) in [4.78, 5) is 0. The lowest BCUT2D eigenvalue weighted by Gasteiger charge is -2.46. The van der Waals surface area contributed by atoms with Gasteiger partial charge in [-0.1, -0.05) is 117 Å². The first kappa shape index (κ1) is 69.5. The van der Waals surface area contributed by atoms with E-state index in [1.54, 1.807) is 0 Å². The molecule has 0 spiro atoms. The zero-order valence-electron chi connectivity index (χ0n) is 45.5. The molecule has 4 saturated heterocycles. The SMILES string of the molecule is CCCCCCCCCCCO[C@H]([C@@H](OCCCCCCCCCCC)[C@H](CO[C@@H]1OC(CO)[C@@H](O)[C@H](O)C1O)O[C@@H]1OC(CO)[C@@H](O)[C@H](O)C1O)[C@H](CO[C@@H]1OC(CO)[C@@H](O)[C@H](O)C1O)O[C@@H]1OC(CO)[C@@H](O)[C@H](O)C1O. The van der Waals surface area contributed by atoms with Crippen LogP contribution in [0.4, 0.5) is 0 Å². The quantitative estimate of drug-likeness (QED) is 0.0270. The molecular formula is C52H98O26. The van der Waals surface area contributed by atoms with E-state index in [4.69, 9.17) is 47.4 Å². The van der Waals surface area contributed by atoms with Crippen LogP contribution in [-0.4, -0.2) is 282 Å². The predicted molar refractivity (Wildman–Crippen MR) is 271 cm³/mol. The number of hydrogen-bond donors (Lipinski definition) is 16. The number of hydrogen-bond acceptors (Lipinski definition) is 26. The number of ether oxygens (including phenoxy) is 10. The Morgan fingerprint density at radius 3 is 0.821 bits per heavy atom. The molecule has 4 heterocycles. The highest BCUT2D eigenvalue weighted by molar-refractivity contribution is 4.96. The second kappa shape index (κ2) is 37.3. The van der Waals surface area contributed by atoms with Crippen LogP contribution < -0.4 is 0 Å². The fourth-order valence-corrected chi connectivity index (χ4v) is 10.0. The summed E-state index contributed by atoms with van der Waals surface area (Å²) in [6.45, 7) is -0.762. The normalized spacial score (nSPS) is 37.3. The molecule has 0 aromatic carbocycles. The van der Waals surface area contributed by atoms with Crippen molar-refractivity contribution in [2.45, 2.75) is 277 Å².